The third-order valence-corrected chi connectivity index (χ3v) is 3.01. The summed E-state index contributed by atoms with van der Waals surface area (Å²) in [6.07, 6.45) is -4.33. The molecular formula is C10H8BrF3N2. The predicted molar refractivity (Wildman–Crippen MR) is 58.2 cm³/mol. The van der Waals surface area contributed by atoms with Crippen molar-refractivity contribution in [1.29, 1.82) is 0 Å². The Hall–Kier alpha value is -1.04. The van der Waals surface area contributed by atoms with Gasteiger partial charge in [0.2, 0.25) is 0 Å². The molecule has 0 bridgehead atoms. The summed E-state index contributed by atoms with van der Waals surface area (Å²) in [4.78, 5) is 0. The van der Waals surface area contributed by atoms with Gasteiger partial charge in [0, 0.05) is 16.9 Å². The Bertz CT molecular complexity index is 557. The summed E-state index contributed by atoms with van der Waals surface area (Å²) in [5.41, 5.74) is 0.595. The fourth-order valence-electron chi connectivity index (χ4n) is 1.70. The van der Waals surface area contributed by atoms with Gasteiger partial charge in [-0.3, -0.25) is 4.68 Å². The monoisotopic (exact) mass is 292 g/mol. The van der Waals surface area contributed by atoms with E-state index in [2.05, 4.69) is 21.0 Å². The van der Waals surface area contributed by atoms with Gasteiger partial charge in [0.25, 0.3) is 0 Å². The fraction of sp³-hybridized carbons (Fsp3) is 0.300. The number of aromatic nitrogens is 2. The van der Waals surface area contributed by atoms with Crippen molar-refractivity contribution in [2.45, 2.75) is 13.1 Å². The Morgan fingerprint density at radius 2 is 1.94 bits per heavy atom. The van der Waals surface area contributed by atoms with Crippen LogP contribution in [-0.2, 0) is 13.2 Å². The molecule has 0 N–H and O–H groups in total. The molecule has 1 heterocycles. The number of hydrogen-bond acceptors (Lipinski definition) is 1. The highest BCUT2D eigenvalue weighted by Gasteiger charge is 2.31. The lowest BCUT2D eigenvalue weighted by molar-refractivity contribution is -0.137. The zero-order valence-electron chi connectivity index (χ0n) is 8.56. The van der Waals surface area contributed by atoms with E-state index in [-0.39, 0.29) is 0 Å². The summed E-state index contributed by atoms with van der Waals surface area (Å²) in [6.45, 7) is 1.69. The minimum atomic E-state index is -4.33. The van der Waals surface area contributed by atoms with Crippen molar-refractivity contribution in [3.05, 3.63) is 27.9 Å². The second-order valence-corrected chi connectivity index (χ2v) is 4.42. The molecule has 2 aromatic rings. The smallest absolute Gasteiger partial charge is 0.267 e. The molecule has 0 aliphatic carbocycles. The van der Waals surface area contributed by atoms with E-state index in [1.165, 1.54) is 0 Å². The first kappa shape index (κ1) is 11.4. The van der Waals surface area contributed by atoms with Crippen molar-refractivity contribution in [3.63, 3.8) is 0 Å². The van der Waals surface area contributed by atoms with E-state index < -0.39 is 11.7 Å². The molecule has 1 aromatic heterocycles. The molecular weight excluding hydrogens is 285 g/mol. The van der Waals surface area contributed by atoms with Crippen molar-refractivity contribution in [2.75, 3.05) is 0 Å². The summed E-state index contributed by atoms with van der Waals surface area (Å²) in [7, 11) is 1.70. The Morgan fingerprint density at radius 3 is 2.50 bits per heavy atom. The van der Waals surface area contributed by atoms with Gasteiger partial charge >= 0.3 is 6.18 Å². The van der Waals surface area contributed by atoms with Crippen molar-refractivity contribution in [1.82, 2.24) is 9.78 Å². The number of alkyl halides is 3. The van der Waals surface area contributed by atoms with Crippen molar-refractivity contribution in [2.24, 2.45) is 7.05 Å². The first-order chi connectivity index (χ1) is 7.30. The van der Waals surface area contributed by atoms with E-state index in [9.17, 15) is 13.2 Å². The van der Waals surface area contributed by atoms with Crippen LogP contribution in [0.4, 0.5) is 13.2 Å². The number of aryl methyl sites for hydroxylation is 2. The molecule has 0 spiro atoms. The van der Waals surface area contributed by atoms with Gasteiger partial charge in [0.1, 0.15) is 0 Å². The molecule has 0 atom stereocenters. The van der Waals surface area contributed by atoms with Gasteiger partial charge in [-0.1, -0.05) is 0 Å². The Labute approximate surface area is 98.2 Å². The van der Waals surface area contributed by atoms with E-state index in [0.29, 0.717) is 21.1 Å². The minimum absolute atomic E-state index is 0.403. The number of nitrogens with zero attached hydrogens (tertiary/aromatic N) is 2. The molecule has 6 heteroatoms. The van der Waals surface area contributed by atoms with E-state index in [1.54, 1.807) is 18.7 Å². The zero-order chi connectivity index (χ0) is 12.1. The third-order valence-electron chi connectivity index (χ3n) is 2.40. The average molecular weight is 293 g/mol. The highest BCUT2D eigenvalue weighted by atomic mass is 79.9. The molecule has 0 aliphatic heterocycles. The molecule has 16 heavy (non-hydrogen) atoms. The number of fused-ring (bicyclic) bond motifs is 1. The van der Waals surface area contributed by atoms with Crippen LogP contribution in [0.3, 0.4) is 0 Å². The Balaban J connectivity index is 2.82. The molecule has 2 rings (SSSR count). The standard InChI is InChI=1S/C10H8BrF3N2/c1-5-7-3-6(10(12,13)14)4-8(11)9(7)16(2)15-5/h3-4H,1-2H3. The molecule has 1 aromatic carbocycles. The summed E-state index contributed by atoms with van der Waals surface area (Å²) >= 11 is 3.14. The Morgan fingerprint density at radius 1 is 1.31 bits per heavy atom. The molecule has 0 unspecified atom stereocenters. The van der Waals surface area contributed by atoms with Gasteiger partial charge in [0.15, 0.2) is 0 Å². The molecule has 0 saturated carbocycles. The van der Waals surface area contributed by atoms with Crippen LogP contribution >= 0.6 is 15.9 Å². The van der Waals surface area contributed by atoms with Crippen LogP contribution in [0.2, 0.25) is 0 Å². The molecule has 0 aliphatic rings. The van der Waals surface area contributed by atoms with E-state index in [1.807, 2.05) is 0 Å². The highest BCUT2D eigenvalue weighted by molar-refractivity contribution is 9.10. The van der Waals surface area contributed by atoms with Crippen LogP contribution in [0, 0.1) is 6.92 Å². The SMILES string of the molecule is Cc1nn(C)c2c(Br)cc(C(F)(F)F)cc12. The van der Waals surface area contributed by atoms with E-state index >= 15 is 0 Å². The van der Waals surface area contributed by atoms with Crippen LogP contribution in [0.5, 0.6) is 0 Å². The van der Waals surface area contributed by atoms with Gasteiger partial charge in [-0.15, -0.1) is 0 Å². The van der Waals surface area contributed by atoms with Crippen molar-refractivity contribution >= 4 is 26.8 Å². The van der Waals surface area contributed by atoms with Crippen LogP contribution in [0.1, 0.15) is 11.3 Å². The maximum Gasteiger partial charge on any atom is 0.416 e. The van der Waals surface area contributed by atoms with Gasteiger partial charge < -0.3 is 0 Å². The molecule has 2 nitrogen and oxygen atoms in total. The molecule has 0 fully saturated rings. The molecule has 0 saturated heterocycles. The fourth-order valence-corrected chi connectivity index (χ4v) is 2.41. The summed E-state index contributed by atoms with van der Waals surface area (Å²) in [5, 5.41) is 4.61. The quantitative estimate of drug-likeness (QED) is 0.724. The zero-order valence-corrected chi connectivity index (χ0v) is 10.1. The van der Waals surface area contributed by atoms with E-state index in [4.69, 9.17) is 0 Å². The predicted octanol–water partition coefficient (Wildman–Crippen LogP) is 3.66. The van der Waals surface area contributed by atoms with Gasteiger partial charge in [-0.05, 0) is 35.0 Å². The van der Waals surface area contributed by atoms with Crippen LogP contribution < -0.4 is 0 Å². The second kappa shape index (κ2) is 3.48. The molecule has 0 radical (unpaired) electrons. The third kappa shape index (κ3) is 1.71. The molecule has 86 valence electrons. The lowest BCUT2D eigenvalue weighted by Gasteiger charge is -2.08. The van der Waals surface area contributed by atoms with Crippen molar-refractivity contribution in [3.8, 4) is 0 Å². The first-order valence-corrected chi connectivity index (χ1v) is 5.30. The Kier molecular flexibility index (Phi) is 2.49. The van der Waals surface area contributed by atoms with Gasteiger partial charge in [-0.25, -0.2) is 0 Å². The maximum atomic E-state index is 12.6. The topological polar surface area (TPSA) is 17.8 Å². The number of hydrogen-bond donors (Lipinski definition) is 0. The maximum absolute atomic E-state index is 12.6. The number of rotatable bonds is 0. The first-order valence-electron chi connectivity index (χ1n) is 4.51. The number of halogens is 4. The van der Waals surface area contributed by atoms with Crippen molar-refractivity contribution < 1.29 is 13.2 Å². The van der Waals surface area contributed by atoms with Gasteiger partial charge in [-0.2, -0.15) is 18.3 Å². The lowest BCUT2D eigenvalue weighted by atomic mass is 10.1. The highest BCUT2D eigenvalue weighted by Crippen LogP contribution is 2.35. The summed E-state index contributed by atoms with van der Waals surface area (Å²) in [6, 6.07) is 2.20. The van der Waals surface area contributed by atoms with Gasteiger partial charge in [0.05, 0.1) is 16.8 Å². The van der Waals surface area contributed by atoms with Crippen LogP contribution in [-0.4, -0.2) is 9.78 Å². The lowest BCUT2D eigenvalue weighted by Crippen LogP contribution is -2.04. The summed E-state index contributed by atoms with van der Waals surface area (Å²) in [5.74, 6) is 0. The van der Waals surface area contributed by atoms with Crippen LogP contribution in [0.15, 0.2) is 16.6 Å². The normalized spacial score (nSPS) is 12.4. The second-order valence-electron chi connectivity index (χ2n) is 3.56. The van der Waals surface area contributed by atoms with Crippen LogP contribution in [0.25, 0.3) is 10.9 Å². The largest absolute Gasteiger partial charge is 0.416 e. The minimum Gasteiger partial charge on any atom is -0.267 e. The van der Waals surface area contributed by atoms with E-state index in [0.717, 1.165) is 12.1 Å². The molecule has 0 amide bonds. The average Bonchev–Trinajstić information content (AvgIpc) is 2.41. The number of benzene rings is 1. The summed E-state index contributed by atoms with van der Waals surface area (Å²) < 4.78 is 39.7.